The van der Waals surface area contributed by atoms with E-state index in [-0.39, 0.29) is 13.2 Å². The second-order valence-corrected chi connectivity index (χ2v) is 3.55. The van der Waals surface area contributed by atoms with Crippen LogP contribution in [0.15, 0.2) is 0 Å². The molecule has 3 N–H and O–H groups in total. The number of nitrogens with two attached hydrogens (primary N) is 1. The van der Waals surface area contributed by atoms with E-state index in [9.17, 15) is 18.3 Å². The molecule has 92 valence electrons. The van der Waals surface area contributed by atoms with Crippen molar-refractivity contribution in [2.45, 2.75) is 38.0 Å². The zero-order valence-corrected chi connectivity index (χ0v) is 8.81. The van der Waals surface area contributed by atoms with Crippen molar-refractivity contribution in [3.63, 3.8) is 0 Å². The van der Waals surface area contributed by atoms with Gasteiger partial charge in [0.25, 0.3) is 0 Å². The summed E-state index contributed by atoms with van der Waals surface area (Å²) in [6, 6.07) is 0. The summed E-state index contributed by atoms with van der Waals surface area (Å²) in [5.41, 5.74) is 4.36. The third-order valence-electron chi connectivity index (χ3n) is 2.23. The van der Waals surface area contributed by atoms with Gasteiger partial charge in [0.05, 0.1) is 5.60 Å². The van der Waals surface area contributed by atoms with Crippen molar-refractivity contribution >= 4 is 0 Å². The van der Waals surface area contributed by atoms with E-state index in [4.69, 9.17) is 5.73 Å². The van der Waals surface area contributed by atoms with E-state index in [1.807, 2.05) is 0 Å². The molecule has 0 aliphatic heterocycles. The van der Waals surface area contributed by atoms with Crippen LogP contribution in [0.2, 0.25) is 0 Å². The normalized spacial score (nSPS) is 16.4. The first-order chi connectivity index (χ1) is 6.83. The molecule has 0 aromatic rings. The van der Waals surface area contributed by atoms with Crippen molar-refractivity contribution < 1.29 is 23.0 Å². The van der Waals surface area contributed by atoms with Crippen molar-refractivity contribution in [1.29, 1.82) is 0 Å². The average Bonchev–Trinajstić information content (AvgIpc) is 2.15. The number of rotatable bonds is 7. The second-order valence-electron chi connectivity index (χ2n) is 3.55. The lowest BCUT2D eigenvalue weighted by molar-refractivity contribution is -0.174. The van der Waals surface area contributed by atoms with Crippen LogP contribution < -0.4 is 5.73 Å². The van der Waals surface area contributed by atoms with E-state index in [1.165, 1.54) is 0 Å². The predicted molar refractivity (Wildman–Crippen MR) is 50.4 cm³/mol. The first-order valence-corrected chi connectivity index (χ1v) is 4.90. The topological polar surface area (TPSA) is 55.5 Å². The maximum Gasteiger partial charge on any atom is 0.411 e. The summed E-state index contributed by atoms with van der Waals surface area (Å²) >= 11 is 0. The van der Waals surface area contributed by atoms with Gasteiger partial charge >= 0.3 is 6.18 Å². The third kappa shape index (κ3) is 7.58. The first-order valence-electron chi connectivity index (χ1n) is 4.90. The number of halogens is 3. The van der Waals surface area contributed by atoms with Gasteiger partial charge in [-0.2, -0.15) is 13.2 Å². The van der Waals surface area contributed by atoms with E-state index in [0.717, 1.165) is 0 Å². The van der Waals surface area contributed by atoms with Crippen LogP contribution >= 0.6 is 0 Å². The zero-order chi connectivity index (χ0) is 11.9. The Labute approximate surface area is 87.4 Å². The molecule has 6 heteroatoms. The van der Waals surface area contributed by atoms with Crippen molar-refractivity contribution in [3.05, 3.63) is 0 Å². The maximum atomic E-state index is 11.7. The van der Waals surface area contributed by atoms with Crippen LogP contribution in [0.4, 0.5) is 13.2 Å². The Morgan fingerprint density at radius 3 is 2.33 bits per heavy atom. The number of aliphatic hydroxyl groups is 1. The molecule has 15 heavy (non-hydrogen) atoms. The molecular formula is C9H18F3NO2. The minimum Gasteiger partial charge on any atom is -0.389 e. The minimum absolute atomic E-state index is 0.0121. The summed E-state index contributed by atoms with van der Waals surface area (Å²) in [6.07, 6.45) is -3.06. The molecule has 0 fully saturated rings. The largest absolute Gasteiger partial charge is 0.411 e. The molecule has 0 bridgehead atoms. The monoisotopic (exact) mass is 229 g/mol. The molecule has 0 aromatic heterocycles. The maximum absolute atomic E-state index is 11.7. The van der Waals surface area contributed by atoms with Crippen molar-refractivity contribution in [3.8, 4) is 0 Å². The molecule has 0 saturated carbocycles. The van der Waals surface area contributed by atoms with Gasteiger partial charge in [0.2, 0.25) is 0 Å². The van der Waals surface area contributed by atoms with E-state index in [1.54, 1.807) is 6.92 Å². The minimum atomic E-state index is -4.28. The molecule has 0 aliphatic carbocycles. The van der Waals surface area contributed by atoms with Crippen LogP contribution in [0.5, 0.6) is 0 Å². The number of ether oxygens (including phenoxy) is 1. The van der Waals surface area contributed by atoms with Crippen molar-refractivity contribution in [2.75, 3.05) is 19.8 Å². The molecule has 0 amide bonds. The smallest absolute Gasteiger partial charge is 0.389 e. The molecule has 0 heterocycles. The summed E-state index contributed by atoms with van der Waals surface area (Å²) in [6.45, 7) is 0.647. The van der Waals surface area contributed by atoms with Gasteiger partial charge < -0.3 is 15.6 Å². The molecule has 0 aliphatic rings. The van der Waals surface area contributed by atoms with Gasteiger partial charge in [0, 0.05) is 13.2 Å². The molecule has 0 rings (SSSR count). The molecule has 0 radical (unpaired) electrons. The van der Waals surface area contributed by atoms with Crippen molar-refractivity contribution in [1.82, 2.24) is 0 Å². The average molecular weight is 229 g/mol. The molecule has 0 aromatic carbocycles. The van der Waals surface area contributed by atoms with Crippen LogP contribution in [0, 0.1) is 0 Å². The Hall–Kier alpha value is -0.330. The Morgan fingerprint density at radius 1 is 1.33 bits per heavy atom. The lowest BCUT2D eigenvalue weighted by atomic mass is 9.95. The Kier molecular flexibility index (Phi) is 6.16. The van der Waals surface area contributed by atoms with E-state index >= 15 is 0 Å². The van der Waals surface area contributed by atoms with Gasteiger partial charge in [-0.15, -0.1) is 0 Å². The van der Waals surface area contributed by atoms with Crippen LogP contribution in [-0.2, 0) is 4.74 Å². The molecule has 1 unspecified atom stereocenters. The highest BCUT2D eigenvalue weighted by Crippen LogP contribution is 2.17. The van der Waals surface area contributed by atoms with Gasteiger partial charge in [-0.1, -0.05) is 6.92 Å². The molecule has 0 spiro atoms. The molecular weight excluding hydrogens is 211 g/mol. The van der Waals surface area contributed by atoms with Crippen LogP contribution in [0.25, 0.3) is 0 Å². The fraction of sp³-hybridized carbons (Fsp3) is 1.00. The van der Waals surface area contributed by atoms with E-state index in [2.05, 4.69) is 4.74 Å². The Balaban J connectivity index is 3.54. The highest BCUT2D eigenvalue weighted by molar-refractivity contribution is 4.77. The summed E-state index contributed by atoms with van der Waals surface area (Å²) in [5.74, 6) is 0. The van der Waals surface area contributed by atoms with Gasteiger partial charge in [0.1, 0.15) is 6.61 Å². The molecule has 1 atom stereocenters. The summed E-state index contributed by atoms with van der Waals surface area (Å²) < 4.78 is 39.4. The Bertz CT molecular complexity index is 169. The third-order valence-corrected chi connectivity index (χ3v) is 2.23. The molecule has 0 saturated heterocycles. The second kappa shape index (κ2) is 6.30. The highest BCUT2D eigenvalue weighted by Gasteiger charge is 2.27. The van der Waals surface area contributed by atoms with Crippen LogP contribution in [0.3, 0.4) is 0 Å². The predicted octanol–water partition coefficient (Wildman–Crippen LogP) is 1.45. The number of hydrogen-bond acceptors (Lipinski definition) is 3. The summed E-state index contributed by atoms with van der Waals surface area (Å²) in [4.78, 5) is 0. The van der Waals surface area contributed by atoms with Crippen LogP contribution in [-0.4, -0.2) is 36.6 Å². The quantitative estimate of drug-likeness (QED) is 0.649. The van der Waals surface area contributed by atoms with Gasteiger partial charge in [-0.25, -0.2) is 0 Å². The van der Waals surface area contributed by atoms with Crippen molar-refractivity contribution in [2.24, 2.45) is 5.73 Å². The summed E-state index contributed by atoms with van der Waals surface area (Å²) in [5, 5.41) is 9.69. The van der Waals surface area contributed by atoms with Crippen LogP contribution in [0.1, 0.15) is 26.2 Å². The Morgan fingerprint density at radius 2 is 1.93 bits per heavy atom. The summed E-state index contributed by atoms with van der Waals surface area (Å²) in [7, 11) is 0. The number of hydrogen-bond donors (Lipinski definition) is 2. The van der Waals surface area contributed by atoms with Gasteiger partial charge in [0.15, 0.2) is 0 Å². The van der Waals surface area contributed by atoms with Gasteiger partial charge in [-0.3, -0.25) is 0 Å². The SMILES string of the molecule is CCC(O)(CN)CCCOCC(F)(F)F. The fourth-order valence-corrected chi connectivity index (χ4v) is 1.11. The first kappa shape index (κ1) is 14.7. The highest BCUT2D eigenvalue weighted by atomic mass is 19.4. The lowest BCUT2D eigenvalue weighted by Gasteiger charge is -2.24. The standard InChI is InChI=1S/C9H18F3NO2/c1-2-8(14,6-13)4-3-5-15-7-9(10,11)12/h14H,2-7,13H2,1H3. The zero-order valence-electron chi connectivity index (χ0n) is 8.81. The fourth-order valence-electron chi connectivity index (χ4n) is 1.11. The number of alkyl halides is 3. The van der Waals surface area contributed by atoms with E-state index in [0.29, 0.717) is 19.3 Å². The van der Waals surface area contributed by atoms with E-state index < -0.39 is 18.4 Å². The van der Waals surface area contributed by atoms with Gasteiger partial charge in [-0.05, 0) is 19.3 Å². The molecule has 3 nitrogen and oxygen atoms in total. The lowest BCUT2D eigenvalue weighted by Crippen LogP contribution is -2.37.